The van der Waals surface area contributed by atoms with Gasteiger partial charge in [0.2, 0.25) is 5.89 Å². The van der Waals surface area contributed by atoms with E-state index in [1.807, 2.05) is 50.2 Å². The second-order valence-corrected chi connectivity index (χ2v) is 10.5. The van der Waals surface area contributed by atoms with Crippen molar-refractivity contribution in [2.24, 2.45) is 0 Å². The van der Waals surface area contributed by atoms with E-state index in [-0.39, 0.29) is 23.9 Å². The zero-order valence-electron chi connectivity index (χ0n) is 22.0. The predicted molar refractivity (Wildman–Crippen MR) is 144 cm³/mol. The number of amides is 2. The Morgan fingerprint density at radius 1 is 1.13 bits per heavy atom. The first-order valence-corrected chi connectivity index (χ1v) is 13.5. The highest BCUT2D eigenvalue weighted by Crippen LogP contribution is 2.33. The summed E-state index contributed by atoms with van der Waals surface area (Å²) >= 11 is 0. The first kappa shape index (κ1) is 26.1. The van der Waals surface area contributed by atoms with E-state index < -0.39 is 12.1 Å². The van der Waals surface area contributed by atoms with Crippen LogP contribution in [0.5, 0.6) is 0 Å². The molecule has 1 aromatic heterocycles. The second-order valence-electron chi connectivity index (χ2n) is 10.5. The maximum absolute atomic E-state index is 13.6. The van der Waals surface area contributed by atoms with E-state index in [9.17, 15) is 14.7 Å². The van der Waals surface area contributed by atoms with Crippen LogP contribution in [0.1, 0.15) is 75.2 Å². The quantitative estimate of drug-likeness (QED) is 0.421. The third kappa shape index (κ3) is 5.81. The van der Waals surface area contributed by atoms with Gasteiger partial charge in [0.1, 0.15) is 12.3 Å². The largest absolute Gasteiger partial charge is 0.446 e. The molecule has 2 aliphatic heterocycles. The Bertz CT molecular complexity index is 1270. The van der Waals surface area contributed by atoms with E-state index in [2.05, 4.69) is 15.6 Å². The number of carbonyl (C=O) groups is 2. The molecule has 8 nitrogen and oxygen atoms in total. The van der Waals surface area contributed by atoms with Crippen LogP contribution in [0.3, 0.4) is 0 Å². The maximum Gasteiger partial charge on any atom is 0.254 e. The van der Waals surface area contributed by atoms with Gasteiger partial charge in [-0.25, -0.2) is 4.98 Å². The highest BCUT2D eigenvalue weighted by molar-refractivity contribution is 6.00. The van der Waals surface area contributed by atoms with Crippen molar-refractivity contribution in [3.63, 3.8) is 0 Å². The number of hydrogen-bond donors (Lipinski definition) is 3. The fourth-order valence-corrected chi connectivity index (χ4v) is 5.66. The summed E-state index contributed by atoms with van der Waals surface area (Å²) in [5, 5.41) is 17.6. The molecule has 2 aromatic carbocycles. The number of aryl methyl sites for hydroxylation is 2. The van der Waals surface area contributed by atoms with Crippen molar-refractivity contribution in [3.8, 4) is 0 Å². The number of aliphatic hydroxyl groups is 1. The Balaban J connectivity index is 1.36. The third-order valence-electron chi connectivity index (χ3n) is 7.56. The van der Waals surface area contributed by atoms with Crippen LogP contribution < -0.4 is 10.6 Å². The topological polar surface area (TPSA) is 108 Å². The number of benzene rings is 2. The van der Waals surface area contributed by atoms with Gasteiger partial charge < -0.3 is 25.1 Å². The van der Waals surface area contributed by atoms with Crippen LogP contribution in [-0.4, -0.2) is 58.1 Å². The molecule has 200 valence electrons. The smallest absolute Gasteiger partial charge is 0.254 e. The van der Waals surface area contributed by atoms with Crippen molar-refractivity contribution in [2.45, 2.75) is 70.2 Å². The molecule has 3 heterocycles. The summed E-state index contributed by atoms with van der Waals surface area (Å²) in [7, 11) is 0. The van der Waals surface area contributed by atoms with Gasteiger partial charge in [-0.1, -0.05) is 30.3 Å². The molecular formula is C30H36N4O4. The summed E-state index contributed by atoms with van der Waals surface area (Å²) in [6, 6.07) is 14.4. The Morgan fingerprint density at radius 2 is 1.92 bits per heavy atom. The molecule has 2 saturated heterocycles. The van der Waals surface area contributed by atoms with Gasteiger partial charge in [0.15, 0.2) is 0 Å². The first-order chi connectivity index (χ1) is 18.4. The lowest BCUT2D eigenvalue weighted by atomic mass is 9.95. The lowest BCUT2D eigenvalue weighted by Crippen LogP contribution is -2.52. The number of nitrogens with zero attached hydrogens (tertiary/aromatic N) is 2. The highest BCUT2D eigenvalue weighted by atomic mass is 16.3. The molecule has 3 aromatic rings. The average Bonchev–Trinajstić information content (AvgIpc) is 3.69. The fraction of sp³-hybridized carbons (Fsp3) is 0.433. The number of aliphatic hydroxyl groups excluding tert-OH is 1. The molecule has 38 heavy (non-hydrogen) atoms. The minimum atomic E-state index is -0.734. The molecule has 3 N–H and O–H groups in total. The minimum Gasteiger partial charge on any atom is -0.446 e. The number of rotatable bonds is 8. The minimum absolute atomic E-state index is 0.0652. The summed E-state index contributed by atoms with van der Waals surface area (Å²) in [5.41, 5.74) is 3.51. The van der Waals surface area contributed by atoms with Crippen LogP contribution in [0, 0.1) is 13.8 Å². The molecule has 4 atom stereocenters. The van der Waals surface area contributed by atoms with E-state index in [0.717, 1.165) is 49.0 Å². The second kappa shape index (κ2) is 11.5. The van der Waals surface area contributed by atoms with Gasteiger partial charge in [-0.2, -0.15) is 0 Å². The van der Waals surface area contributed by atoms with Crippen LogP contribution >= 0.6 is 0 Å². The zero-order chi connectivity index (χ0) is 26.6. The molecule has 5 rings (SSSR count). The van der Waals surface area contributed by atoms with Gasteiger partial charge >= 0.3 is 0 Å². The van der Waals surface area contributed by atoms with Crippen molar-refractivity contribution in [3.05, 3.63) is 88.6 Å². The molecule has 0 radical (unpaired) electrons. The molecule has 2 amide bonds. The van der Waals surface area contributed by atoms with Crippen LogP contribution in [-0.2, 0) is 6.42 Å². The Hall–Kier alpha value is -3.49. The molecule has 2 aliphatic rings. The molecule has 2 fully saturated rings. The summed E-state index contributed by atoms with van der Waals surface area (Å²) in [6.45, 7) is 5.22. The Kier molecular flexibility index (Phi) is 7.90. The standard InChI is InChI=1S/C30H36N4O4/c1-19-14-22(17-23(15-19)30(37)34-13-7-11-26(34)29-32-20(2)18-38-29)28(36)33-25(16-21-8-4-3-5-9-21)27(35)24-10-6-12-31-24/h3-5,8-9,14-15,17-18,24-27,31,35H,6-7,10-13,16H2,1-2H3,(H,33,36). The highest BCUT2D eigenvalue weighted by Gasteiger charge is 2.35. The Labute approximate surface area is 223 Å². The number of oxazole rings is 1. The van der Waals surface area contributed by atoms with E-state index >= 15 is 0 Å². The summed E-state index contributed by atoms with van der Waals surface area (Å²) in [5.74, 6) is 0.108. The van der Waals surface area contributed by atoms with Gasteiger partial charge in [0, 0.05) is 23.7 Å². The van der Waals surface area contributed by atoms with E-state index in [1.165, 1.54) is 0 Å². The Morgan fingerprint density at radius 3 is 2.63 bits per heavy atom. The molecule has 4 unspecified atom stereocenters. The fourth-order valence-electron chi connectivity index (χ4n) is 5.66. The summed E-state index contributed by atoms with van der Waals surface area (Å²) < 4.78 is 5.61. The van der Waals surface area contributed by atoms with Gasteiger partial charge in [0.05, 0.1) is 17.8 Å². The maximum atomic E-state index is 13.6. The zero-order valence-corrected chi connectivity index (χ0v) is 22.0. The lowest BCUT2D eigenvalue weighted by molar-refractivity contribution is 0.0715. The van der Waals surface area contributed by atoms with Crippen molar-refractivity contribution in [1.82, 2.24) is 20.5 Å². The molecule has 8 heteroatoms. The molecule has 0 spiro atoms. The number of hydrogen-bond acceptors (Lipinski definition) is 6. The normalized spacial score (nSPS) is 20.9. The van der Waals surface area contributed by atoms with Crippen LogP contribution in [0.2, 0.25) is 0 Å². The molecule has 0 saturated carbocycles. The monoisotopic (exact) mass is 516 g/mol. The third-order valence-corrected chi connectivity index (χ3v) is 7.56. The van der Waals surface area contributed by atoms with E-state index in [4.69, 9.17) is 4.42 Å². The predicted octanol–water partition coefficient (Wildman–Crippen LogP) is 3.72. The molecular weight excluding hydrogens is 480 g/mol. The number of nitrogens with one attached hydrogen (secondary N) is 2. The van der Waals surface area contributed by atoms with Gasteiger partial charge in [-0.15, -0.1) is 0 Å². The van der Waals surface area contributed by atoms with Gasteiger partial charge in [-0.05, 0) is 81.8 Å². The summed E-state index contributed by atoms with van der Waals surface area (Å²) in [4.78, 5) is 33.3. The van der Waals surface area contributed by atoms with Crippen molar-refractivity contribution < 1.29 is 19.1 Å². The van der Waals surface area contributed by atoms with Gasteiger partial charge in [-0.3, -0.25) is 9.59 Å². The van der Waals surface area contributed by atoms with Crippen molar-refractivity contribution in [2.75, 3.05) is 13.1 Å². The average molecular weight is 517 g/mol. The van der Waals surface area contributed by atoms with Crippen LogP contribution in [0.15, 0.2) is 59.2 Å². The van der Waals surface area contributed by atoms with Crippen LogP contribution in [0.4, 0.5) is 0 Å². The number of likely N-dealkylation sites (tertiary alicyclic amines) is 1. The van der Waals surface area contributed by atoms with E-state index in [1.54, 1.807) is 23.3 Å². The SMILES string of the molecule is Cc1cc(C(=O)NC(Cc2ccccc2)C(O)C2CCCN2)cc(C(=O)N2CCCC2c2nc(C)co2)c1. The number of aromatic nitrogens is 1. The first-order valence-electron chi connectivity index (χ1n) is 13.5. The van der Waals surface area contributed by atoms with Crippen LogP contribution in [0.25, 0.3) is 0 Å². The molecule has 0 bridgehead atoms. The number of carbonyl (C=O) groups excluding carboxylic acids is 2. The van der Waals surface area contributed by atoms with Crippen molar-refractivity contribution in [1.29, 1.82) is 0 Å². The molecule has 0 aliphatic carbocycles. The van der Waals surface area contributed by atoms with Gasteiger partial charge in [0.25, 0.3) is 11.8 Å². The lowest BCUT2D eigenvalue weighted by Gasteiger charge is -2.29. The van der Waals surface area contributed by atoms with E-state index in [0.29, 0.717) is 30.0 Å². The van der Waals surface area contributed by atoms with Crippen molar-refractivity contribution >= 4 is 11.8 Å². The summed E-state index contributed by atoms with van der Waals surface area (Å²) in [6.07, 6.45) is 4.90.